The van der Waals surface area contributed by atoms with Crippen molar-refractivity contribution in [2.75, 3.05) is 5.32 Å². The molecule has 0 spiro atoms. The number of aromatic nitrogens is 1. The molecule has 1 amide bonds. The first-order valence-corrected chi connectivity index (χ1v) is 10.4. The number of hydrogen-bond acceptors (Lipinski definition) is 3. The zero-order chi connectivity index (χ0) is 20.3. The van der Waals surface area contributed by atoms with Crippen LogP contribution in [0.15, 0.2) is 65.6 Å². The van der Waals surface area contributed by atoms with Gasteiger partial charge in [-0.05, 0) is 67.9 Å². The Morgan fingerprint density at radius 3 is 2.00 bits per heavy atom. The van der Waals surface area contributed by atoms with Crippen LogP contribution in [0.25, 0.3) is 5.69 Å². The van der Waals surface area contributed by atoms with Crippen LogP contribution < -0.4 is 10.0 Å². The van der Waals surface area contributed by atoms with E-state index < -0.39 is 10.0 Å². The number of nitrogens with one attached hydrogen (secondary N) is 2. The fraction of sp³-hybridized carbons (Fsp3) is 0.190. The molecular weight excluding hydrogens is 374 g/mol. The van der Waals surface area contributed by atoms with Crippen molar-refractivity contribution < 1.29 is 13.2 Å². The predicted octanol–water partition coefficient (Wildman–Crippen LogP) is 3.53. The maximum absolute atomic E-state index is 12.5. The zero-order valence-corrected chi connectivity index (χ0v) is 16.9. The minimum Gasteiger partial charge on any atom is -0.326 e. The van der Waals surface area contributed by atoms with E-state index in [-0.39, 0.29) is 17.3 Å². The highest BCUT2D eigenvalue weighted by Crippen LogP contribution is 2.18. The van der Waals surface area contributed by atoms with Gasteiger partial charge in [0.2, 0.25) is 15.9 Å². The van der Waals surface area contributed by atoms with Gasteiger partial charge in [0.25, 0.3) is 0 Å². The average Bonchev–Trinajstić information content (AvgIpc) is 2.99. The van der Waals surface area contributed by atoms with Crippen LogP contribution in [0, 0.1) is 13.8 Å². The summed E-state index contributed by atoms with van der Waals surface area (Å²) in [5, 5.41) is 2.61. The highest BCUT2D eigenvalue weighted by Gasteiger charge is 2.14. The van der Waals surface area contributed by atoms with Gasteiger partial charge in [0.1, 0.15) is 0 Å². The van der Waals surface area contributed by atoms with E-state index in [0.717, 1.165) is 22.6 Å². The molecule has 6 nitrogen and oxygen atoms in total. The van der Waals surface area contributed by atoms with Crippen LogP contribution in [0.5, 0.6) is 0 Å². The second-order valence-electron chi connectivity index (χ2n) is 6.65. The lowest BCUT2D eigenvalue weighted by molar-refractivity contribution is -0.114. The summed E-state index contributed by atoms with van der Waals surface area (Å²) in [5.74, 6) is -0.206. The third-order valence-corrected chi connectivity index (χ3v) is 5.83. The van der Waals surface area contributed by atoms with Crippen LogP contribution in [0.4, 0.5) is 5.69 Å². The van der Waals surface area contributed by atoms with E-state index in [9.17, 15) is 13.2 Å². The van der Waals surface area contributed by atoms with Gasteiger partial charge in [0.05, 0.1) is 4.90 Å². The molecule has 0 saturated heterocycles. The number of hydrogen-bond donors (Lipinski definition) is 2. The minimum absolute atomic E-state index is 0.150. The van der Waals surface area contributed by atoms with E-state index in [4.69, 9.17) is 0 Å². The molecule has 0 aliphatic rings. The number of carbonyl (C=O) groups excluding carboxylic acids is 1. The third kappa shape index (κ3) is 4.49. The van der Waals surface area contributed by atoms with Crippen LogP contribution in [0.1, 0.15) is 23.9 Å². The van der Waals surface area contributed by atoms with Gasteiger partial charge >= 0.3 is 0 Å². The summed E-state index contributed by atoms with van der Waals surface area (Å²) >= 11 is 0. The molecule has 2 aromatic carbocycles. The van der Waals surface area contributed by atoms with Crippen LogP contribution in [-0.4, -0.2) is 18.9 Å². The van der Waals surface area contributed by atoms with Crippen molar-refractivity contribution in [3.05, 3.63) is 77.6 Å². The second kappa shape index (κ2) is 8.00. The van der Waals surface area contributed by atoms with Gasteiger partial charge in [0.15, 0.2) is 0 Å². The molecule has 0 atom stereocenters. The van der Waals surface area contributed by atoms with Crippen molar-refractivity contribution in [3.8, 4) is 5.69 Å². The molecule has 28 heavy (non-hydrogen) atoms. The van der Waals surface area contributed by atoms with E-state index in [1.807, 2.05) is 38.1 Å². The van der Waals surface area contributed by atoms with Crippen molar-refractivity contribution in [1.29, 1.82) is 0 Å². The standard InChI is InChI=1S/C21H23N3O3S/c1-15-4-5-16(2)24(15)20-10-6-18(7-11-20)14-22-28(26,27)21-12-8-19(9-13-21)23-17(3)25/h4-13,22H,14H2,1-3H3,(H,23,25). The first-order chi connectivity index (χ1) is 13.3. The van der Waals surface area contributed by atoms with E-state index in [1.165, 1.54) is 19.1 Å². The molecule has 0 aliphatic carbocycles. The molecule has 0 aliphatic heterocycles. The molecule has 0 bridgehead atoms. The maximum Gasteiger partial charge on any atom is 0.240 e. The van der Waals surface area contributed by atoms with Gasteiger partial charge in [-0.3, -0.25) is 4.79 Å². The summed E-state index contributed by atoms with van der Waals surface area (Å²) in [6, 6.07) is 18.0. The number of benzene rings is 2. The number of carbonyl (C=O) groups is 1. The number of amides is 1. The first-order valence-electron chi connectivity index (χ1n) is 8.88. The Labute approximate surface area is 165 Å². The Morgan fingerprint density at radius 2 is 1.46 bits per heavy atom. The smallest absolute Gasteiger partial charge is 0.240 e. The first kappa shape index (κ1) is 19.9. The minimum atomic E-state index is -3.64. The summed E-state index contributed by atoms with van der Waals surface area (Å²) < 4.78 is 29.7. The van der Waals surface area contributed by atoms with Gasteiger partial charge < -0.3 is 9.88 Å². The summed E-state index contributed by atoms with van der Waals surface area (Å²) in [5.41, 5.74) is 4.75. The van der Waals surface area contributed by atoms with E-state index in [1.54, 1.807) is 12.1 Å². The maximum atomic E-state index is 12.5. The van der Waals surface area contributed by atoms with E-state index in [2.05, 4.69) is 26.7 Å². The monoisotopic (exact) mass is 397 g/mol. The lowest BCUT2D eigenvalue weighted by Crippen LogP contribution is -2.23. The van der Waals surface area contributed by atoms with Gasteiger partial charge in [-0.1, -0.05) is 12.1 Å². The Morgan fingerprint density at radius 1 is 0.893 bits per heavy atom. The molecule has 0 unspecified atom stereocenters. The highest BCUT2D eigenvalue weighted by atomic mass is 32.2. The molecule has 2 N–H and O–H groups in total. The van der Waals surface area contributed by atoms with E-state index >= 15 is 0 Å². The van der Waals surface area contributed by atoms with Crippen LogP contribution in [-0.2, 0) is 21.4 Å². The van der Waals surface area contributed by atoms with E-state index in [0.29, 0.717) is 5.69 Å². The molecule has 0 radical (unpaired) electrons. The van der Waals surface area contributed by atoms with Crippen LogP contribution >= 0.6 is 0 Å². The fourth-order valence-corrected chi connectivity index (χ4v) is 4.04. The normalized spacial score (nSPS) is 11.4. The molecule has 0 saturated carbocycles. The van der Waals surface area contributed by atoms with Gasteiger partial charge in [-0.15, -0.1) is 0 Å². The SMILES string of the molecule is CC(=O)Nc1ccc(S(=O)(=O)NCc2ccc(-n3c(C)ccc3C)cc2)cc1. The number of anilines is 1. The van der Waals surface area contributed by atoms with Crippen molar-refractivity contribution >= 4 is 21.6 Å². The van der Waals surface area contributed by atoms with Crippen molar-refractivity contribution in [2.45, 2.75) is 32.2 Å². The summed E-state index contributed by atoms with van der Waals surface area (Å²) in [6.45, 7) is 5.69. The Balaban J connectivity index is 1.68. The lowest BCUT2D eigenvalue weighted by Gasteiger charge is -2.11. The van der Waals surface area contributed by atoms with Crippen molar-refractivity contribution in [1.82, 2.24) is 9.29 Å². The second-order valence-corrected chi connectivity index (χ2v) is 8.42. The third-order valence-electron chi connectivity index (χ3n) is 4.42. The molecule has 3 rings (SSSR count). The molecule has 0 fully saturated rings. The van der Waals surface area contributed by atoms with Crippen LogP contribution in [0.2, 0.25) is 0 Å². The van der Waals surface area contributed by atoms with Crippen molar-refractivity contribution in [3.63, 3.8) is 0 Å². The van der Waals surface area contributed by atoms with Crippen molar-refractivity contribution in [2.24, 2.45) is 0 Å². The Bertz CT molecular complexity index is 1060. The summed E-state index contributed by atoms with van der Waals surface area (Å²) in [6.07, 6.45) is 0. The van der Waals surface area contributed by atoms with Gasteiger partial charge in [-0.25, -0.2) is 13.1 Å². The Kier molecular flexibility index (Phi) is 5.67. The molecular formula is C21H23N3O3S. The summed E-state index contributed by atoms with van der Waals surface area (Å²) in [4.78, 5) is 11.2. The molecule has 146 valence electrons. The average molecular weight is 398 g/mol. The predicted molar refractivity (Wildman–Crippen MR) is 110 cm³/mol. The summed E-state index contributed by atoms with van der Waals surface area (Å²) in [7, 11) is -3.64. The van der Waals surface area contributed by atoms with Gasteiger partial charge in [0, 0.05) is 36.2 Å². The molecule has 3 aromatic rings. The quantitative estimate of drug-likeness (QED) is 0.668. The topological polar surface area (TPSA) is 80.2 Å². The molecule has 1 aromatic heterocycles. The number of aryl methyl sites for hydroxylation is 2. The fourth-order valence-electron chi connectivity index (χ4n) is 3.02. The largest absolute Gasteiger partial charge is 0.326 e. The van der Waals surface area contributed by atoms with Crippen LogP contribution in [0.3, 0.4) is 0 Å². The number of rotatable bonds is 6. The number of nitrogens with zero attached hydrogens (tertiary/aromatic N) is 1. The molecule has 7 heteroatoms. The van der Waals surface area contributed by atoms with Gasteiger partial charge in [-0.2, -0.15) is 0 Å². The zero-order valence-electron chi connectivity index (χ0n) is 16.1. The molecule has 1 heterocycles. The number of sulfonamides is 1. The highest BCUT2D eigenvalue weighted by molar-refractivity contribution is 7.89. The Hall–Kier alpha value is -2.90. The lowest BCUT2D eigenvalue weighted by atomic mass is 10.2.